The van der Waals surface area contributed by atoms with Crippen molar-refractivity contribution in [2.75, 3.05) is 26.3 Å². The molecule has 1 heterocycles. The van der Waals surface area contributed by atoms with Gasteiger partial charge in [0.15, 0.2) is 0 Å². The molecule has 0 aliphatic carbocycles. The van der Waals surface area contributed by atoms with E-state index in [2.05, 4.69) is 10.2 Å². The summed E-state index contributed by atoms with van der Waals surface area (Å²) >= 11 is 0. The van der Waals surface area contributed by atoms with Crippen molar-refractivity contribution in [3.05, 3.63) is 70.8 Å². The number of amides is 1. The summed E-state index contributed by atoms with van der Waals surface area (Å²) in [5.41, 5.74) is 1.27. The van der Waals surface area contributed by atoms with Crippen molar-refractivity contribution in [3.63, 3.8) is 0 Å². The van der Waals surface area contributed by atoms with Crippen LogP contribution in [0.1, 0.15) is 27.0 Å². The molecule has 144 valence electrons. The van der Waals surface area contributed by atoms with Crippen LogP contribution < -0.4 is 5.32 Å². The van der Waals surface area contributed by atoms with Crippen LogP contribution in [0.4, 0.5) is 13.2 Å². The number of carbonyl (C=O) groups excluding carboxylic acids is 1. The van der Waals surface area contributed by atoms with Crippen molar-refractivity contribution in [3.8, 4) is 0 Å². The zero-order chi connectivity index (χ0) is 19.3. The molecule has 0 spiro atoms. The number of morpholine rings is 1. The third-order valence-electron chi connectivity index (χ3n) is 4.43. The van der Waals surface area contributed by atoms with E-state index in [1.54, 1.807) is 18.2 Å². The molecular weight excluding hydrogens is 357 g/mol. The summed E-state index contributed by atoms with van der Waals surface area (Å²) in [7, 11) is 0. The lowest BCUT2D eigenvalue weighted by atomic mass is 10.1. The predicted octanol–water partition coefficient (Wildman–Crippen LogP) is 3.47. The number of carbonyl (C=O) groups is 1. The Kier molecular flexibility index (Phi) is 6.13. The Labute approximate surface area is 155 Å². The van der Waals surface area contributed by atoms with E-state index in [9.17, 15) is 18.0 Å². The second-order valence-corrected chi connectivity index (χ2v) is 6.47. The van der Waals surface area contributed by atoms with Crippen molar-refractivity contribution in [1.29, 1.82) is 0 Å². The van der Waals surface area contributed by atoms with Gasteiger partial charge >= 0.3 is 6.18 Å². The first-order valence-corrected chi connectivity index (χ1v) is 8.75. The van der Waals surface area contributed by atoms with Crippen molar-refractivity contribution < 1.29 is 22.7 Å². The van der Waals surface area contributed by atoms with Crippen molar-refractivity contribution in [1.82, 2.24) is 10.2 Å². The molecule has 0 bridgehead atoms. The number of halogens is 3. The van der Waals surface area contributed by atoms with Crippen LogP contribution in [0.2, 0.25) is 0 Å². The number of ether oxygens (including phenoxy) is 1. The topological polar surface area (TPSA) is 41.6 Å². The van der Waals surface area contributed by atoms with E-state index in [1.807, 2.05) is 12.1 Å². The maximum Gasteiger partial charge on any atom is 0.416 e. The number of hydrogen-bond donors (Lipinski definition) is 1. The van der Waals surface area contributed by atoms with E-state index < -0.39 is 11.7 Å². The summed E-state index contributed by atoms with van der Waals surface area (Å²) in [4.78, 5) is 14.5. The van der Waals surface area contributed by atoms with Crippen LogP contribution in [-0.4, -0.2) is 37.1 Å². The highest BCUT2D eigenvalue weighted by Crippen LogP contribution is 2.29. The highest BCUT2D eigenvalue weighted by molar-refractivity contribution is 5.94. The number of benzene rings is 2. The quantitative estimate of drug-likeness (QED) is 0.866. The Morgan fingerprint density at radius 1 is 1.04 bits per heavy atom. The molecule has 1 fully saturated rings. The standard InChI is InChI=1S/C20H21F3N2O2/c21-20(22,23)18-3-1-2-16(12-18)13-24-19(26)17-6-4-15(5-7-17)14-25-8-10-27-11-9-25/h1-7,12H,8-11,13-14H2,(H,24,26). The van der Waals surface area contributed by atoms with Gasteiger partial charge in [0.2, 0.25) is 0 Å². The van der Waals surface area contributed by atoms with E-state index in [4.69, 9.17) is 4.74 Å². The normalized spacial score (nSPS) is 15.5. The first-order valence-electron chi connectivity index (χ1n) is 8.75. The molecule has 1 amide bonds. The number of nitrogens with zero attached hydrogens (tertiary/aromatic N) is 1. The van der Waals surface area contributed by atoms with Crippen LogP contribution in [0.25, 0.3) is 0 Å². The van der Waals surface area contributed by atoms with Crippen LogP contribution in [0.15, 0.2) is 48.5 Å². The Morgan fingerprint density at radius 3 is 2.41 bits per heavy atom. The van der Waals surface area contributed by atoms with Gasteiger partial charge in [-0.25, -0.2) is 0 Å². The zero-order valence-corrected chi connectivity index (χ0v) is 14.8. The summed E-state index contributed by atoms with van der Waals surface area (Å²) in [6.45, 7) is 4.08. The Balaban J connectivity index is 1.55. The molecule has 2 aromatic carbocycles. The fourth-order valence-corrected chi connectivity index (χ4v) is 2.92. The predicted molar refractivity (Wildman–Crippen MR) is 95.2 cm³/mol. The first kappa shape index (κ1) is 19.4. The minimum absolute atomic E-state index is 0.0400. The molecular formula is C20H21F3N2O2. The molecule has 4 nitrogen and oxygen atoms in total. The Hall–Kier alpha value is -2.38. The fraction of sp³-hybridized carbons (Fsp3) is 0.350. The fourth-order valence-electron chi connectivity index (χ4n) is 2.92. The molecule has 27 heavy (non-hydrogen) atoms. The summed E-state index contributed by atoms with van der Waals surface area (Å²) in [5.74, 6) is -0.315. The molecule has 1 aliphatic rings. The molecule has 1 N–H and O–H groups in total. The van der Waals surface area contributed by atoms with Gasteiger partial charge in [0.25, 0.3) is 5.91 Å². The molecule has 0 atom stereocenters. The van der Waals surface area contributed by atoms with Gasteiger partial charge in [-0.15, -0.1) is 0 Å². The summed E-state index contributed by atoms with van der Waals surface area (Å²) < 4.78 is 43.5. The van der Waals surface area contributed by atoms with Crippen LogP contribution in [0.3, 0.4) is 0 Å². The SMILES string of the molecule is O=C(NCc1cccc(C(F)(F)F)c1)c1ccc(CN2CCOCC2)cc1. The minimum Gasteiger partial charge on any atom is -0.379 e. The first-order chi connectivity index (χ1) is 12.9. The summed E-state index contributed by atoms with van der Waals surface area (Å²) in [5, 5.41) is 2.66. The van der Waals surface area contributed by atoms with Gasteiger partial charge in [0.1, 0.15) is 0 Å². The van der Waals surface area contributed by atoms with Crippen molar-refractivity contribution >= 4 is 5.91 Å². The average Bonchev–Trinajstić information content (AvgIpc) is 2.67. The van der Waals surface area contributed by atoms with Gasteiger partial charge in [-0.05, 0) is 35.4 Å². The lowest BCUT2D eigenvalue weighted by molar-refractivity contribution is -0.137. The zero-order valence-electron chi connectivity index (χ0n) is 14.8. The maximum absolute atomic E-state index is 12.7. The molecule has 0 unspecified atom stereocenters. The van der Waals surface area contributed by atoms with Crippen LogP contribution >= 0.6 is 0 Å². The highest BCUT2D eigenvalue weighted by Gasteiger charge is 2.30. The van der Waals surface area contributed by atoms with Gasteiger partial charge in [0, 0.05) is 31.7 Å². The van der Waals surface area contributed by atoms with E-state index in [1.165, 1.54) is 6.07 Å². The van der Waals surface area contributed by atoms with Gasteiger partial charge in [-0.1, -0.05) is 24.3 Å². The molecule has 0 aromatic heterocycles. The van der Waals surface area contributed by atoms with E-state index in [-0.39, 0.29) is 12.5 Å². The van der Waals surface area contributed by atoms with Gasteiger partial charge < -0.3 is 10.1 Å². The van der Waals surface area contributed by atoms with E-state index in [0.29, 0.717) is 11.1 Å². The third kappa shape index (κ3) is 5.55. The second kappa shape index (κ2) is 8.54. The molecule has 1 aliphatic heterocycles. The van der Waals surface area contributed by atoms with Crippen molar-refractivity contribution in [2.45, 2.75) is 19.3 Å². The number of rotatable bonds is 5. The second-order valence-electron chi connectivity index (χ2n) is 6.47. The monoisotopic (exact) mass is 378 g/mol. The third-order valence-corrected chi connectivity index (χ3v) is 4.43. The minimum atomic E-state index is -4.39. The smallest absolute Gasteiger partial charge is 0.379 e. The van der Waals surface area contributed by atoms with Crippen molar-refractivity contribution in [2.24, 2.45) is 0 Å². The maximum atomic E-state index is 12.7. The van der Waals surface area contributed by atoms with Gasteiger partial charge in [0.05, 0.1) is 18.8 Å². The molecule has 7 heteroatoms. The molecule has 1 saturated heterocycles. The highest BCUT2D eigenvalue weighted by atomic mass is 19.4. The molecule has 3 rings (SSSR count). The average molecular weight is 378 g/mol. The Bertz CT molecular complexity index is 770. The number of nitrogens with one attached hydrogen (secondary N) is 1. The number of alkyl halides is 3. The number of hydrogen-bond acceptors (Lipinski definition) is 3. The van der Waals surface area contributed by atoms with Gasteiger partial charge in [-0.3, -0.25) is 9.69 Å². The van der Waals surface area contributed by atoms with Crippen LogP contribution in [0, 0.1) is 0 Å². The van der Waals surface area contributed by atoms with Crippen LogP contribution in [-0.2, 0) is 24.0 Å². The Morgan fingerprint density at radius 2 is 1.74 bits per heavy atom. The van der Waals surface area contributed by atoms with Crippen LogP contribution in [0.5, 0.6) is 0 Å². The lowest BCUT2D eigenvalue weighted by Gasteiger charge is -2.26. The van der Waals surface area contributed by atoms with E-state index in [0.717, 1.165) is 50.5 Å². The summed E-state index contributed by atoms with van der Waals surface area (Å²) in [6.07, 6.45) is -4.39. The van der Waals surface area contributed by atoms with Gasteiger partial charge in [-0.2, -0.15) is 13.2 Å². The molecule has 0 saturated carbocycles. The molecule has 0 radical (unpaired) electrons. The lowest BCUT2D eigenvalue weighted by Crippen LogP contribution is -2.35. The molecule has 2 aromatic rings. The summed E-state index contributed by atoms with van der Waals surface area (Å²) in [6, 6.07) is 12.2. The van der Waals surface area contributed by atoms with E-state index >= 15 is 0 Å². The largest absolute Gasteiger partial charge is 0.416 e.